The number of ether oxygens (including phenoxy) is 1. The molecule has 0 amide bonds. The number of hydrogen-bond donors (Lipinski definition) is 1. The Morgan fingerprint density at radius 1 is 1.31 bits per heavy atom. The number of unbranched alkanes of at least 4 members (excludes halogenated alkanes) is 1. The maximum atomic E-state index is 5.63. The minimum Gasteiger partial charge on any atom is -0.380 e. The van der Waals surface area contributed by atoms with Crippen LogP contribution in [-0.2, 0) is 4.74 Å². The van der Waals surface area contributed by atoms with Crippen molar-refractivity contribution in [1.82, 2.24) is 10.2 Å². The first-order chi connectivity index (χ1) is 7.77. The van der Waals surface area contributed by atoms with Gasteiger partial charge in [0.2, 0.25) is 0 Å². The molecule has 16 heavy (non-hydrogen) atoms. The topological polar surface area (TPSA) is 24.5 Å². The van der Waals surface area contributed by atoms with Crippen molar-refractivity contribution >= 4 is 0 Å². The molecule has 0 aliphatic carbocycles. The van der Waals surface area contributed by atoms with E-state index in [1.54, 1.807) is 0 Å². The zero-order valence-electron chi connectivity index (χ0n) is 11.2. The van der Waals surface area contributed by atoms with E-state index in [4.69, 9.17) is 4.74 Å². The van der Waals surface area contributed by atoms with E-state index in [2.05, 4.69) is 31.0 Å². The average Bonchev–Trinajstić information content (AvgIpc) is 2.31. The van der Waals surface area contributed by atoms with E-state index >= 15 is 0 Å². The van der Waals surface area contributed by atoms with Gasteiger partial charge in [0.1, 0.15) is 0 Å². The van der Waals surface area contributed by atoms with Crippen molar-refractivity contribution in [3.8, 4) is 0 Å². The summed E-state index contributed by atoms with van der Waals surface area (Å²) in [4.78, 5) is 2.55. The molecule has 1 aliphatic heterocycles. The molecule has 96 valence electrons. The fourth-order valence-corrected chi connectivity index (χ4v) is 2.11. The molecule has 1 saturated heterocycles. The second kappa shape index (κ2) is 8.04. The molecular weight excluding hydrogens is 200 g/mol. The van der Waals surface area contributed by atoms with E-state index in [0.717, 1.165) is 26.3 Å². The predicted molar refractivity (Wildman–Crippen MR) is 68.8 cm³/mol. The molecule has 0 saturated carbocycles. The quantitative estimate of drug-likeness (QED) is 0.673. The highest BCUT2D eigenvalue weighted by atomic mass is 16.5. The summed E-state index contributed by atoms with van der Waals surface area (Å²) in [6.07, 6.45) is 3.64. The Morgan fingerprint density at radius 2 is 2.12 bits per heavy atom. The zero-order chi connectivity index (χ0) is 11.8. The van der Waals surface area contributed by atoms with Gasteiger partial charge in [-0.3, -0.25) is 4.90 Å². The molecule has 0 radical (unpaired) electrons. The van der Waals surface area contributed by atoms with Crippen LogP contribution in [0.15, 0.2) is 0 Å². The second-order valence-electron chi connectivity index (χ2n) is 4.82. The lowest BCUT2D eigenvalue weighted by Gasteiger charge is -2.38. The van der Waals surface area contributed by atoms with E-state index < -0.39 is 0 Å². The van der Waals surface area contributed by atoms with Crippen LogP contribution in [0.1, 0.15) is 40.0 Å². The lowest BCUT2D eigenvalue weighted by Crippen LogP contribution is -2.55. The van der Waals surface area contributed by atoms with Gasteiger partial charge in [-0.2, -0.15) is 0 Å². The van der Waals surface area contributed by atoms with E-state index in [9.17, 15) is 0 Å². The van der Waals surface area contributed by atoms with Crippen LogP contribution in [0, 0.1) is 0 Å². The molecule has 3 heteroatoms. The Hall–Kier alpha value is -0.120. The standard InChI is InChI=1S/C13H28N2O/c1-4-6-8-16-9-7-15-11-13(5-2)14-10-12(15)3/h12-14H,4-11H2,1-3H3. The molecule has 0 aromatic rings. The van der Waals surface area contributed by atoms with Crippen LogP contribution in [0.3, 0.4) is 0 Å². The van der Waals surface area contributed by atoms with Crippen molar-refractivity contribution in [2.75, 3.05) is 32.8 Å². The van der Waals surface area contributed by atoms with Gasteiger partial charge in [-0.25, -0.2) is 0 Å². The molecule has 3 nitrogen and oxygen atoms in total. The SMILES string of the molecule is CCCCOCCN1CC(CC)NCC1C. The van der Waals surface area contributed by atoms with Gasteiger partial charge in [-0.15, -0.1) is 0 Å². The molecule has 1 N–H and O–H groups in total. The van der Waals surface area contributed by atoms with Crippen LogP contribution in [0.2, 0.25) is 0 Å². The number of piperazine rings is 1. The Bertz CT molecular complexity index is 175. The first kappa shape index (κ1) is 13.9. The molecule has 0 aromatic heterocycles. The van der Waals surface area contributed by atoms with Crippen molar-refractivity contribution in [1.29, 1.82) is 0 Å². The van der Waals surface area contributed by atoms with Crippen molar-refractivity contribution in [2.24, 2.45) is 0 Å². The van der Waals surface area contributed by atoms with Crippen molar-refractivity contribution < 1.29 is 4.74 Å². The highest BCUT2D eigenvalue weighted by Crippen LogP contribution is 2.08. The van der Waals surface area contributed by atoms with Crippen LogP contribution in [-0.4, -0.2) is 49.8 Å². The molecule has 0 spiro atoms. The lowest BCUT2D eigenvalue weighted by atomic mass is 10.1. The van der Waals surface area contributed by atoms with Gasteiger partial charge in [0.15, 0.2) is 0 Å². The predicted octanol–water partition coefficient (Wildman–Crippen LogP) is 1.88. The normalized spacial score (nSPS) is 27.2. The number of rotatable bonds is 7. The van der Waals surface area contributed by atoms with Gasteiger partial charge < -0.3 is 10.1 Å². The minimum atomic E-state index is 0.651. The molecule has 1 heterocycles. The van der Waals surface area contributed by atoms with Crippen LogP contribution in [0.25, 0.3) is 0 Å². The number of nitrogens with one attached hydrogen (secondary N) is 1. The van der Waals surface area contributed by atoms with Crippen molar-refractivity contribution in [3.63, 3.8) is 0 Å². The van der Waals surface area contributed by atoms with Gasteiger partial charge in [-0.1, -0.05) is 20.3 Å². The molecule has 0 bridgehead atoms. The lowest BCUT2D eigenvalue weighted by molar-refractivity contribution is 0.0686. The summed E-state index contributed by atoms with van der Waals surface area (Å²) in [6, 6.07) is 1.32. The summed E-state index contributed by atoms with van der Waals surface area (Å²) >= 11 is 0. The number of hydrogen-bond acceptors (Lipinski definition) is 3. The summed E-state index contributed by atoms with van der Waals surface area (Å²) in [5, 5.41) is 3.58. The summed E-state index contributed by atoms with van der Waals surface area (Å²) in [6.45, 7) is 11.9. The van der Waals surface area contributed by atoms with Gasteiger partial charge in [0.05, 0.1) is 6.61 Å². The zero-order valence-corrected chi connectivity index (χ0v) is 11.2. The van der Waals surface area contributed by atoms with E-state index in [1.807, 2.05) is 0 Å². The van der Waals surface area contributed by atoms with E-state index in [1.165, 1.54) is 25.8 Å². The highest BCUT2D eigenvalue weighted by Gasteiger charge is 2.22. The minimum absolute atomic E-state index is 0.651. The highest BCUT2D eigenvalue weighted by molar-refractivity contribution is 4.82. The van der Waals surface area contributed by atoms with Crippen molar-refractivity contribution in [3.05, 3.63) is 0 Å². The van der Waals surface area contributed by atoms with Gasteiger partial charge in [0, 0.05) is 38.3 Å². The summed E-state index contributed by atoms with van der Waals surface area (Å²) < 4.78 is 5.63. The van der Waals surface area contributed by atoms with Gasteiger partial charge in [-0.05, 0) is 19.8 Å². The van der Waals surface area contributed by atoms with E-state index in [-0.39, 0.29) is 0 Å². The summed E-state index contributed by atoms with van der Waals surface area (Å²) in [7, 11) is 0. The van der Waals surface area contributed by atoms with Crippen LogP contribution >= 0.6 is 0 Å². The second-order valence-corrected chi connectivity index (χ2v) is 4.82. The Labute approximate surface area is 101 Å². The molecular formula is C13H28N2O. The smallest absolute Gasteiger partial charge is 0.0593 e. The third-order valence-corrected chi connectivity index (χ3v) is 3.44. The third kappa shape index (κ3) is 4.81. The third-order valence-electron chi connectivity index (χ3n) is 3.44. The van der Waals surface area contributed by atoms with Crippen molar-refractivity contribution in [2.45, 2.75) is 52.1 Å². The summed E-state index contributed by atoms with van der Waals surface area (Å²) in [5.74, 6) is 0. The fourth-order valence-electron chi connectivity index (χ4n) is 2.11. The molecule has 0 aromatic carbocycles. The number of nitrogens with zero attached hydrogens (tertiary/aromatic N) is 1. The molecule has 1 fully saturated rings. The molecule has 2 atom stereocenters. The largest absolute Gasteiger partial charge is 0.380 e. The maximum absolute atomic E-state index is 5.63. The first-order valence-electron chi connectivity index (χ1n) is 6.83. The summed E-state index contributed by atoms with van der Waals surface area (Å²) in [5.41, 5.74) is 0. The van der Waals surface area contributed by atoms with E-state index in [0.29, 0.717) is 12.1 Å². The monoisotopic (exact) mass is 228 g/mol. The Morgan fingerprint density at radius 3 is 2.81 bits per heavy atom. The fraction of sp³-hybridized carbons (Fsp3) is 1.00. The molecule has 2 unspecified atom stereocenters. The molecule has 1 aliphatic rings. The van der Waals surface area contributed by atoms with Crippen LogP contribution < -0.4 is 5.32 Å². The maximum Gasteiger partial charge on any atom is 0.0593 e. The van der Waals surface area contributed by atoms with Crippen LogP contribution in [0.4, 0.5) is 0 Å². The van der Waals surface area contributed by atoms with Gasteiger partial charge >= 0.3 is 0 Å². The first-order valence-corrected chi connectivity index (χ1v) is 6.83. The Balaban J connectivity index is 2.13. The Kier molecular flexibility index (Phi) is 7.01. The molecule has 1 rings (SSSR count). The van der Waals surface area contributed by atoms with Gasteiger partial charge in [0.25, 0.3) is 0 Å². The average molecular weight is 228 g/mol. The van der Waals surface area contributed by atoms with Crippen LogP contribution in [0.5, 0.6) is 0 Å².